The number of hydrogen-bond donors (Lipinski definition) is 2. The second-order valence-electron chi connectivity index (χ2n) is 8.39. The van der Waals surface area contributed by atoms with Crippen LogP contribution in [0.15, 0.2) is 18.2 Å². The van der Waals surface area contributed by atoms with E-state index in [1.165, 1.54) is 25.7 Å². The van der Waals surface area contributed by atoms with Crippen LogP contribution in [0.25, 0.3) is 10.9 Å². The molecule has 1 aromatic heterocycles. The summed E-state index contributed by atoms with van der Waals surface area (Å²) in [7, 11) is 6.20. The number of benzene rings is 1. The lowest BCUT2D eigenvalue weighted by Crippen LogP contribution is -2.50. The van der Waals surface area contributed by atoms with Gasteiger partial charge in [-0.2, -0.15) is 5.10 Å². The van der Waals surface area contributed by atoms with Crippen molar-refractivity contribution in [3.8, 4) is 0 Å². The van der Waals surface area contributed by atoms with Crippen LogP contribution < -0.4 is 10.8 Å². The number of carbonyl (C=O) groups is 1. The minimum absolute atomic E-state index is 0.00715. The van der Waals surface area contributed by atoms with Gasteiger partial charge in [0.15, 0.2) is 5.82 Å². The molecule has 2 heterocycles. The minimum Gasteiger partial charge on any atom is -0.385 e. The smallest absolute Gasteiger partial charge is 0.225 e. The van der Waals surface area contributed by atoms with Gasteiger partial charge in [0.2, 0.25) is 5.91 Å². The number of nitrogens with zero attached hydrogens (tertiary/aromatic N) is 2. The Kier molecular flexibility index (Phi) is 5.74. The van der Waals surface area contributed by atoms with Crippen molar-refractivity contribution in [3.63, 3.8) is 0 Å². The lowest BCUT2D eigenvalue weighted by molar-refractivity contribution is -0.182. The molecule has 148 valence electrons. The van der Waals surface area contributed by atoms with Gasteiger partial charge in [0.05, 0.1) is 18.7 Å². The van der Waals surface area contributed by atoms with E-state index >= 15 is 0 Å². The molecular weight excluding hydrogens is 353 g/mol. The number of ether oxygens (including phenoxy) is 1. The maximum absolute atomic E-state index is 12.7. The van der Waals surface area contributed by atoms with Gasteiger partial charge in [-0.15, -0.1) is 0 Å². The molecule has 0 spiro atoms. The largest absolute Gasteiger partial charge is 0.385 e. The Bertz CT molecular complexity index is 839. The van der Waals surface area contributed by atoms with Gasteiger partial charge in [-0.05, 0) is 24.8 Å². The van der Waals surface area contributed by atoms with Gasteiger partial charge in [0, 0.05) is 24.8 Å². The molecule has 0 bridgehead atoms. The average Bonchev–Trinajstić information content (AvgIpc) is 2.81. The number of rotatable bonds is 6. The summed E-state index contributed by atoms with van der Waals surface area (Å²) in [5.41, 5.74) is 0.689. The fourth-order valence-corrected chi connectivity index (χ4v) is 4.32. The Labute approximate surface area is 167 Å². The SMILES string of the molecule is [B]c1cccc2c1c(NC(=O)CC1CCCCCC1)nn2CCC1(O)COC1. The van der Waals surface area contributed by atoms with E-state index in [0.29, 0.717) is 49.8 Å². The van der Waals surface area contributed by atoms with Gasteiger partial charge >= 0.3 is 0 Å². The number of anilines is 1. The Hall–Kier alpha value is -1.86. The molecule has 1 saturated heterocycles. The summed E-state index contributed by atoms with van der Waals surface area (Å²) in [6, 6.07) is 5.65. The fraction of sp³-hybridized carbons (Fsp3) is 0.619. The topological polar surface area (TPSA) is 76.4 Å². The van der Waals surface area contributed by atoms with E-state index in [2.05, 4.69) is 10.4 Å². The van der Waals surface area contributed by atoms with Gasteiger partial charge in [-0.1, -0.05) is 43.3 Å². The zero-order valence-corrected chi connectivity index (χ0v) is 16.3. The molecule has 2 aromatic rings. The molecule has 1 aliphatic carbocycles. The summed E-state index contributed by atoms with van der Waals surface area (Å²) in [4.78, 5) is 12.7. The molecule has 1 saturated carbocycles. The maximum Gasteiger partial charge on any atom is 0.225 e. The normalized spacial score (nSPS) is 19.9. The molecule has 1 amide bonds. The van der Waals surface area contributed by atoms with Gasteiger partial charge in [-0.25, -0.2) is 0 Å². The van der Waals surface area contributed by atoms with Crippen molar-refractivity contribution in [1.29, 1.82) is 0 Å². The maximum atomic E-state index is 12.7. The van der Waals surface area contributed by atoms with Crippen LogP contribution in [0.1, 0.15) is 51.4 Å². The van der Waals surface area contributed by atoms with Crippen LogP contribution in [0.5, 0.6) is 0 Å². The molecular formula is C21H28BN3O3. The van der Waals surface area contributed by atoms with Crippen LogP contribution in [-0.2, 0) is 16.1 Å². The lowest BCUT2D eigenvalue weighted by atomic mass is 9.92. The van der Waals surface area contributed by atoms with Gasteiger partial charge in [0.1, 0.15) is 13.4 Å². The predicted octanol–water partition coefficient (Wildman–Crippen LogP) is 2.28. The summed E-state index contributed by atoms with van der Waals surface area (Å²) in [6.07, 6.45) is 8.34. The number of aromatic nitrogens is 2. The molecule has 1 aromatic carbocycles. The predicted molar refractivity (Wildman–Crippen MR) is 110 cm³/mol. The summed E-state index contributed by atoms with van der Waals surface area (Å²) >= 11 is 0. The second-order valence-corrected chi connectivity index (χ2v) is 8.39. The molecule has 2 fully saturated rings. The first-order valence-electron chi connectivity index (χ1n) is 10.4. The summed E-state index contributed by atoms with van der Waals surface area (Å²) < 4.78 is 6.94. The van der Waals surface area contributed by atoms with Gasteiger partial charge in [0.25, 0.3) is 0 Å². The molecule has 0 unspecified atom stereocenters. The molecule has 1 aliphatic heterocycles. The van der Waals surface area contributed by atoms with Crippen molar-refractivity contribution < 1.29 is 14.6 Å². The Morgan fingerprint density at radius 2 is 2.04 bits per heavy atom. The Morgan fingerprint density at radius 3 is 2.71 bits per heavy atom. The first-order chi connectivity index (χ1) is 13.5. The monoisotopic (exact) mass is 381 g/mol. The van der Waals surface area contributed by atoms with Crippen molar-refractivity contribution in [1.82, 2.24) is 9.78 Å². The lowest BCUT2D eigenvalue weighted by Gasteiger charge is -2.36. The fourth-order valence-electron chi connectivity index (χ4n) is 4.32. The van der Waals surface area contributed by atoms with Crippen LogP contribution in [0.4, 0.5) is 5.82 Å². The van der Waals surface area contributed by atoms with Crippen molar-refractivity contribution in [3.05, 3.63) is 18.2 Å². The van der Waals surface area contributed by atoms with Gasteiger partial charge in [-0.3, -0.25) is 9.48 Å². The van der Waals surface area contributed by atoms with Crippen molar-refractivity contribution in [2.75, 3.05) is 18.5 Å². The summed E-state index contributed by atoms with van der Waals surface area (Å²) in [5.74, 6) is 0.984. The van der Waals surface area contributed by atoms with Crippen LogP contribution in [-0.4, -0.2) is 47.5 Å². The Morgan fingerprint density at radius 1 is 1.29 bits per heavy atom. The van der Waals surface area contributed by atoms with E-state index < -0.39 is 5.60 Å². The average molecular weight is 381 g/mol. The second kappa shape index (κ2) is 8.25. The number of nitrogens with one attached hydrogen (secondary N) is 1. The third-order valence-electron chi connectivity index (χ3n) is 6.05. The van der Waals surface area contributed by atoms with Crippen molar-refractivity contribution >= 4 is 35.9 Å². The Balaban J connectivity index is 1.50. The number of aryl methyl sites for hydroxylation is 1. The molecule has 4 rings (SSSR count). The standard InChI is InChI=1S/C21H28BN3O3/c22-16-8-5-9-17-19(16)20(24-25(17)11-10-21(27)13-28-14-21)23-18(26)12-15-6-3-1-2-4-7-15/h5,8-9,15,27H,1-4,6-7,10-14H2,(H,23,24,26). The third-order valence-corrected chi connectivity index (χ3v) is 6.05. The molecule has 0 atom stereocenters. The highest BCUT2D eigenvalue weighted by Gasteiger charge is 2.35. The van der Waals surface area contributed by atoms with Crippen LogP contribution in [0, 0.1) is 5.92 Å². The molecule has 7 heteroatoms. The van der Waals surface area contributed by atoms with Crippen molar-refractivity contribution in [2.24, 2.45) is 5.92 Å². The number of hydrogen-bond acceptors (Lipinski definition) is 4. The highest BCUT2D eigenvalue weighted by Crippen LogP contribution is 2.28. The molecule has 28 heavy (non-hydrogen) atoms. The van der Waals surface area contributed by atoms with Crippen LogP contribution >= 0.6 is 0 Å². The molecule has 2 aliphatic rings. The first-order valence-corrected chi connectivity index (χ1v) is 10.4. The van der Waals surface area contributed by atoms with E-state index in [1.54, 1.807) is 0 Å². The number of carbonyl (C=O) groups excluding carboxylic acids is 1. The zero-order valence-electron chi connectivity index (χ0n) is 16.3. The highest BCUT2D eigenvalue weighted by atomic mass is 16.5. The zero-order chi connectivity index (χ0) is 19.6. The van der Waals surface area contributed by atoms with Gasteiger partial charge < -0.3 is 15.2 Å². The molecule has 6 nitrogen and oxygen atoms in total. The van der Waals surface area contributed by atoms with Crippen molar-refractivity contribution in [2.45, 2.75) is 63.5 Å². The third kappa shape index (κ3) is 4.25. The highest BCUT2D eigenvalue weighted by molar-refractivity contribution is 6.40. The first kappa shape index (κ1) is 19.5. The van der Waals surface area contributed by atoms with E-state index in [9.17, 15) is 9.90 Å². The number of fused-ring (bicyclic) bond motifs is 1. The van der Waals surface area contributed by atoms with E-state index in [4.69, 9.17) is 12.6 Å². The van der Waals surface area contributed by atoms with E-state index in [0.717, 1.165) is 23.7 Å². The van der Waals surface area contributed by atoms with E-state index in [1.807, 2.05) is 22.9 Å². The minimum atomic E-state index is -0.776. The van der Waals surface area contributed by atoms with E-state index in [-0.39, 0.29) is 5.91 Å². The summed E-state index contributed by atoms with van der Waals surface area (Å²) in [5, 5.41) is 18.7. The van der Waals surface area contributed by atoms with Crippen LogP contribution in [0.2, 0.25) is 0 Å². The number of amides is 1. The van der Waals surface area contributed by atoms with Crippen LogP contribution in [0.3, 0.4) is 0 Å². The quantitative estimate of drug-likeness (QED) is 0.595. The molecule has 2 radical (unpaired) electrons. The summed E-state index contributed by atoms with van der Waals surface area (Å²) in [6.45, 7) is 1.26. The molecule has 2 N–H and O–H groups in total. The number of aliphatic hydroxyl groups is 1.